The normalized spacial score (nSPS) is 11.9. The van der Waals surface area contributed by atoms with Crippen LogP contribution in [-0.2, 0) is 0 Å². The highest BCUT2D eigenvalue weighted by molar-refractivity contribution is 6.17. The number of H-pyrrole nitrogens is 1. The molecule has 4 aromatic carbocycles. The highest BCUT2D eigenvalue weighted by Gasteiger charge is 2.22. The van der Waals surface area contributed by atoms with Crippen molar-refractivity contribution in [3.8, 4) is 67.5 Å². The molecule has 8 aromatic rings. The number of benzene rings is 4. The van der Waals surface area contributed by atoms with Gasteiger partial charge in [0.1, 0.15) is 0 Å². The third kappa shape index (κ3) is 4.70. The van der Waals surface area contributed by atoms with Gasteiger partial charge in [-0.3, -0.25) is 0 Å². The van der Waals surface area contributed by atoms with E-state index in [2.05, 4.69) is 119 Å². The maximum absolute atomic E-state index is 5.27. The number of hydrogen-bond donors (Lipinski definition) is 1. The van der Waals surface area contributed by atoms with Crippen LogP contribution in [0.15, 0.2) is 103 Å². The second-order valence-corrected chi connectivity index (χ2v) is 13.8. The van der Waals surface area contributed by atoms with Crippen LogP contribution in [0, 0.1) is 41.5 Å². The smallest absolute Gasteiger partial charge is 0.0894 e. The van der Waals surface area contributed by atoms with Gasteiger partial charge in [0.2, 0.25) is 0 Å². The van der Waals surface area contributed by atoms with Gasteiger partial charge < -0.3 is 4.98 Å². The predicted molar refractivity (Wildman–Crippen MR) is 204 cm³/mol. The Morgan fingerprint density at radius 3 is 1.08 bits per heavy atom. The Morgan fingerprint density at radius 2 is 0.714 bits per heavy atom. The van der Waals surface area contributed by atoms with Gasteiger partial charge >= 0.3 is 0 Å². The molecular formula is C45H36N4. The maximum Gasteiger partial charge on any atom is 0.0894 e. The molecule has 0 radical (unpaired) electrons. The van der Waals surface area contributed by atoms with Gasteiger partial charge in [-0.05, 0) is 147 Å². The minimum absolute atomic E-state index is 0.823. The van der Waals surface area contributed by atoms with Gasteiger partial charge in [-0.2, -0.15) is 0 Å². The maximum atomic E-state index is 5.27. The van der Waals surface area contributed by atoms with Crippen molar-refractivity contribution in [2.75, 3.05) is 0 Å². The lowest BCUT2D eigenvalue weighted by Crippen LogP contribution is -1.96. The first-order chi connectivity index (χ1) is 23.7. The number of aryl methyl sites for hydroxylation is 6. The van der Waals surface area contributed by atoms with Gasteiger partial charge in [-0.25, -0.2) is 15.0 Å². The van der Waals surface area contributed by atoms with Gasteiger partial charge in [0.15, 0.2) is 0 Å². The molecule has 0 atom stereocenters. The molecule has 0 amide bonds. The standard InChI is InChI=1S/C45H36N4/c1-24-16-26(3)42(27(4)17-24)30-20-32-33-21-31(43-28(5)18-25(2)19-29(43)6)23-35-37-11-8-13-39(47-37)41-15-9-14-40(48-41)38-12-7-10-36(46-38)34(22-30)44(32)49-45(33)35/h7-23,49H,1-6H3. The van der Waals surface area contributed by atoms with Crippen LogP contribution < -0.4 is 0 Å². The second-order valence-electron chi connectivity index (χ2n) is 13.8. The van der Waals surface area contributed by atoms with Gasteiger partial charge in [-0.15, -0.1) is 0 Å². The molecule has 0 unspecified atom stereocenters. The lowest BCUT2D eigenvalue weighted by atomic mass is 9.89. The minimum Gasteiger partial charge on any atom is -0.353 e. The average Bonchev–Trinajstić information content (AvgIpc) is 3.45. The summed E-state index contributed by atoms with van der Waals surface area (Å²) in [6.45, 7) is 13.2. The number of nitrogens with zero attached hydrogens (tertiary/aromatic N) is 3. The van der Waals surface area contributed by atoms with Crippen LogP contribution in [-0.4, -0.2) is 19.9 Å². The van der Waals surface area contributed by atoms with E-state index in [0.717, 1.165) is 56.3 Å². The lowest BCUT2D eigenvalue weighted by molar-refractivity contribution is 1.22. The summed E-state index contributed by atoms with van der Waals surface area (Å²) in [5.41, 5.74) is 21.9. The Hall–Kier alpha value is -5.87. The van der Waals surface area contributed by atoms with Crippen molar-refractivity contribution < 1.29 is 0 Å². The van der Waals surface area contributed by atoms with Crippen LogP contribution in [0.2, 0.25) is 0 Å². The summed E-state index contributed by atoms with van der Waals surface area (Å²) in [4.78, 5) is 19.6. The number of pyridine rings is 3. The molecule has 236 valence electrons. The zero-order valence-electron chi connectivity index (χ0n) is 28.7. The Bertz CT molecular complexity index is 2450. The highest BCUT2D eigenvalue weighted by atomic mass is 14.8. The van der Waals surface area contributed by atoms with Crippen molar-refractivity contribution in [2.24, 2.45) is 0 Å². The Labute approximate surface area is 286 Å². The number of aromatic nitrogens is 4. The molecule has 5 heterocycles. The van der Waals surface area contributed by atoms with Crippen LogP contribution in [0.5, 0.6) is 0 Å². The summed E-state index contributed by atoms with van der Waals surface area (Å²) >= 11 is 0. The number of fused-ring (bicyclic) bond motifs is 11. The van der Waals surface area contributed by atoms with Gasteiger partial charge in [0.25, 0.3) is 0 Å². The average molecular weight is 633 g/mol. The molecule has 0 spiro atoms. The summed E-state index contributed by atoms with van der Waals surface area (Å²) in [6.07, 6.45) is 0. The zero-order chi connectivity index (χ0) is 33.6. The summed E-state index contributed by atoms with van der Waals surface area (Å²) in [7, 11) is 0. The molecule has 0 fully saturated rings. The number of nitrogens with one attached hydrogen (secondary N) is 1. The second kappa shape index (κ2) is 10.8. The highest BCUT2D eigenvalue weighted by Crippen LogP contribution is 2.44. The van der Waals surface area contributed by atoms with Crippen LogP contribution in [0.25, 0.3) is 89.4 Å². The number of hydrogen-bond acceptors (Lipinski definition) is 3. The van der Waals surface area contributed by atoms with Gasteiger partial charge in [-0.1, -0.05) is 53.6 Å². The first-order valence-electron chi connectivity index (χ1n) is 16.9. The fourth-order valence-electron chi connectivity index (χ4n) is 8.24. The SMILES string of the molecule is Cc1cc(C)c(-c2cc3c4[nH]c5c(cc(-c6c(C)cc(C)cc6C)cc5c4c2)-c2cccc(n2)-c2cccc(n2)-c2cccc-3n2)c(C)c1. The molecule has 49 heavy (non-hydrogen) atoms. The Balaban J connectivity index is 1.48. The summed E-state index contributed by atoms with van der Waals surface area (Å²) < 4.78 is 0. The summed E-state index contributed by atoms with van der Waals surface area (Å²) in [5, 5.41) is 2.34. The van der Waals surface area contributed by atoms with Crippen molar-refractivity contribution in [3.63, 3.8) is 0 Å². The molecule has 1 N–H and O–H groups in total. The first-order valence-corrected chi connectivity index (χ1v) is 16.9. The largest absolute Gasteiger partial charge is 0.353 e. The predicted octanol–water partition coefficient (Wildman–Crippen LogP) is 11.7. The lowest BCUT2D eigenvalue weighted by Gasteiger charge is -2.15. The third-order valence-corrected chi connectivity index (χ3v) is 10.1. The first kappa shape index (κ1) is 29.3. The molecule has 9 rings (SSSR count). The number of aromatic amines is 1. The molecule has 0 aliphatic carbocycles. The topological polar surface area (TPSA) is 54.5 Å². The van der Waals surface area contributed by atoms with E-state index in [0.29, 0.717) is 0 Å². The third-order valence-electron chi connectivity index (χ3n) is 10.1. The van der Waals surface area contributed by atoms with Crippen molar-refractivity contribution in [2.45, 2.75) is 41.5 Å². The fraction of sp³-hybridized carbons (Fsp3) is 0.133. The van der Waals surface area contributed by atoms with Crippen molar-refractivity contribution in [1.29, 1.82) is 0 Å². The number of rotatable bonds is 2. The van der Waals surface area contributed by atoms with E-state index < -0.39 is 0 Å². The molecule has 0 saturated heterocycles. The molecule has 8 bridgehead atoms. The van der Waals surface area contributed by atoms with Crippen molar-refractivity contribution >= 4 is 21.8 Å². The van der Waals surface area contributed by atoms with Crippen LogP contribution in [0.4, 0.5) is 0 Å². The van der Waals surface area contributed by atoms with E-state index in [-0.39, 0.29) is 0 Å². The fourth-order valence-corrected chi connectivity index (χ4v) is 8.24. The van der Waals surface area contributed by atoms with Gasteiger partial charge in [0.05, 0.1) is 45.2 Å². The Kier molecular flexibility index (Phi) is 6.47. The molecular weight excluding hydrogens is 597 g/mol. The summed E-state index contributed by atoms with van der Waals surface area (Å²) in [5.74, 6) is 0. The van der Waals surface area contributed by atoms with Crippen LogP contribution >= 0.6 is 0 Å². The van der Waals surface area contributed by atoms with E-state index in [1.807, 2.05) is 30.3 Å². The van der Waals surface area contributed by atoms with E-state index in [1.54, 1.807) is 0 Å². The monoisotopic (exact) mass is 632 g/mol. The van der Waals surface area contributed by atoms with E-state index >= 15 is 0 Å². The van der Waals surface area contributed by atoms with Crippen LogP contribution in [0.1, 0.15) is 33.4 Å². The Morgan fingerprint density at radius 1 is 0.388 bits per heavy atom. The molecule has 1 aliphatic rings. The van der Waals surface area contributed by atoms with Crippen molar-refractivity contribution in [1.82, 2.24) is 19.9 Å². The molecule has 4 aromatic heterocycles. The van der Waals surface area contributed by atoms with E-state index in [4.69, 9.17) is 15.0 Å². The van der Waals surface area contributed by atoms with E-state index in [1.165, 1.54) is 66.4 Å². The minimum atomic E-state index is 0.823. The molecule has 4 heteroatoms. The zero-order valence-corrected chi connectivity index (χ0v) is 28.7. The molecule has 4 nitrogen and oxygen atoms in total. The van der Waals surface area contributed by atoms with E-state index in [9.17, 15) is 0 Å². The van der Waals surface area contributed by atoms with Gasteiger partial charge in [0, 0.05) is 21.9 Å². The quantitative estimate of drug-likeness (QED) is 0.206. The molecule has 0 saturated carbocycles. The molecule has 1 aliphatic heterocycles. The van der Waals surface area contributed by atoms with Crippen molar-refractivity contribution in [3.05, 3.63) is 137 Å². The van der Waals surface area contributed by atoms with Crippen LogP contribution in [0.3, 0.4) is 0 Å². The summed E-state index contributed by atoms with van der Waals surface area (Å²) in [6, 6.07) is 37.1.